The lowest BCUT2D eigenvalue weighted by Crippen LogP contribution is -2.14. The second kappa shape index (κ2) is 7.49. The van der Waals surface area contributed by atoms with Gasteiger partial charge in [0, 0.05) is 12.0 Å². The summed E-state index contributed by atoms with van der Waals surface area (Å²) in [5, 5.41) is 10.6. The summed E-state index contributed by atoms with van der Waals surface area (Å²) in [4.78, 5) is 12.2. The summed E-state index contributed by atoms with van der Waals surface area (Å²) < 4.78 is 5.53. The van der Waals surface area contributed by atoms with Gasteiger partial charge in [0.2, 0.25) is 0 Å². The molecule has 1 aromatic carbocycles. The van der Waals surface area contributed by atoms with Gasteiger partial charge in [0.05, 0.1) is 5.56 Å². The molecule has 122 valence electrons. The smallest absolute Gasteiger partial charge is 0.342 e. The fourth-order valence-electron chi connectivity index (χ4n) is 3.38. The van der Waals surface area contributed by atoms with Crippen LogP contribution >= 0.6 is 0 Å². The molecule has 0 bridgehead atoms. The topological polar surface area (TPSA) is 50.4 Å². The van der Waals surface area contributed by atoms with Crippen LogP contribution in [0.25, 0.3) is 0 Å². The van der Waals surface area contributed by atoms with E-state index in [1.54, 1.807) is 0 Å². The van der Waals surface area contributed by atoms with E-state index in [9.17, 15) is 9.90 Å². The molecule has 0 radical (unpaired) electrons. The van der Waals surface area contributed by atoms with Crippen LogP contribution in [0.2, 0.25) is 0 Å². The summed E-state index contributed by atoms with van der Waals surface area (Å²) in [6.45, 7) is 0. The first-order valence-corrected chi connectivity index (χ1v) is 8.66. The maximum absolute atomic E-state index is 12.2. The van der Waals surface area contributed by atoms with Crippen molar-refractivity contribution >= 4 is 0 Å². The van der Waals surface area contributed by atoms with Gasteiger partial charge in [0.15, 0.2) is 0 Å². The molecule has 1 aliphatic rings. The molecule has 1 aliphatic carbocycles. The summed E-state index contributed by atoms with van der Waals surface area (Å²) >= 11 is 0. The highest BCUT2D eigenvalue weighted by molar-refractivity contribution is 5.40. The van der Waals surface area contributed by atoms with Crippen molar-refractivity contribution in [3.8, 4) is 5.75 Å². The Balaban J connectivity index is 1.76. The second-order valence-electron chi connectivity index (χ2n) is 6.37. The Morgan fingerprint density at radius 2 is 1.70 bits per heavy atom. The normalized spacial score (nSPS) is 14.8. The molecular formula is C20H24O3. The maximum atomic E-state index is 12.2. The molecule has 0 aliphatic heterocycles. The Morgan fingerprint density at radius 3 is 2.48 bits per heavy atom. The van der Waals surface area contributed by atoms with E-state index in [1.807, 2.05) is 18.2 Å². The molecular weight excluding hydrogens is 288 g/mol. The van der Waals surface area contributed by atoms with Gasteiger partial charge >= 0.3 is 5.63 Å². The highest BCUT2D eigenvalue weighted by Crippen LogP contribution is 2.29. The quantitative estimate of drug-likeness (QED) is 0.921. The molecule has 0 atom stereocenters. The zero-order valence-electron chi connectivity index (χ0n) is 13.5. The standard InChI is InChI=1S/C20H24O3/c21-19-16-12-6-1-2-7-14-18(16)23-20(22)17(19)13-8-11-15-9-4-3-5-10-15/h3-5,9-10,21H,1-2,6-8,11-14H2. The lowest BCUT2D eigenvalue weighted by molar-refractivity contribution is 0.388. The minimum absolute atomic E-state index is 0.200. The summed E-state index contributed by atoms with van der Waals surface area (Å²) in [6.07, 6.45) is 8.32. The van der Waals surface area contributed by atoms with E-state index >= 15 is 0 Å². The lowest BCUT2D eigenvalue weighted by Gasteiger charge is -2.15. The van der Waals surface area contributed by atoms with Gasteiger partial charge in [-0.05, 0) is 44.1 Å². The van der Waals surface area contributed by atoms with Gasteiger partial charge in [0.1, 0.15) is 11.5 Å². The number of rotatable bonds is 4. The lowest BCUT2D eigenvalue weighted by atomic mass is 9.95. The third-order valence-corrected chi connectivity index (χ3v) is 4.69. The molecule has 3 nitrogen and oxygen atoms in total. The van der Waals surface area contributed by atoms with E-state index in [2.05, 4.69) is 12.1 Å². The molecule has 0 spiro atoms. The van der Waals surface area contributed by atoms with Crippen LogP contribution in [0.1, 0.15) is 54.6 Å². The van der Waals surface area contributed by atoms with Crippen molar-refractivity contribution in [3.63, 3.8) is 0 Å². The SMILES string of the molecule is O=c1oc2c(c(O)c1CCCc1ccccc1)CCCCCC2. The van der Waals surface area contributed by atoms with E-state index in [4.69, 9.17) is 4.42 Å². The largest absolute Gasteiger partial charge is 0.507 e. The number of fused-ring (bicyclic) bond motifs is 1. The van der Waals surface area contributed by atoms with E-state index in [0.717, 1.165) is 44.1 Å². The fraction of sp³-hybridized carbons (Fsp3) is 0.450. The van der Waals surface area contributed by atoms with E-state index in [1.165, 1.54) is 18.4 Å². The van der Waals surface area contributed by atoms with Gasteiger partial charge < -0.3 is 9.52 Å². The van der Waals surface area contributed by atoms with Crippen LogP contribution in [0.15, 0.2) is 39.5 Å². The van der Waals surface area contributed by atoms with E-state index in [0.29, 0.717) is 17.7 Å². The fourth-order valence-corrected chi connectivity index (χ4v) is 3.38. The summed E-state index contributed by atoms with van der Waals surface area (Å²) in [7, 11) is 0. The van der Waals surface area contributed by atoms with Crippen molar-refractivity contribution in [1.82, 2.24) is 0 Å². The van der Waals surface area contributed by atoms with Gasteiger partial charge in [-0.15, -0.1) is 0 Å². The highest BCUT2D eigenvalue weighted by Gasteiger charge is 2.19. The van der Waals surface area contributed by atoms with Gasteiger partial charge in [0.25, 0.3) is 0 Å². The first-order valence-electron chi connectivity index (χ1n) is 8.66. The maximum Gasteiger partial charge on any atom is 0.342 e. The number of hydrogen-bond acceptors (Lipinski definition) is 3. The Hall–Kier alpha value is -2.03. The number of aromatic hydroxyl groups is 1. The highest BCUT2D eigenvalue weighted by atomic mass is 16.4. The average Bonchev–Trinajstić information content (AvgIpc) is 2.53. The van der Waals surface area contributed by atoms with Gasteiger partial charge in [-0.2, -0.15) is 0 Å². The minimum atomic E-state index is -0.352. The van der Waals surface area contributed by atoms with Gasteiger partial charge in [-0.25, -0.2) is 4.79 Å². The molecule has 3 rings (SSSR count). The number of aryl methyl sites for hydroxylation is 2. The molecule has 0 fully saturated rings. The predicted octanol–water partition coefficient (Wildman–Crippen LogP) is 4.18. The molecule has 0 saturated heterocycles. The molecule has 2 aromatic rings. The zero-order chi connectivity index (χ0) is 16.1. The van der Waals surface area contributed by atoms with Gasteiger partial charge in [-0.1, -0.05) is 43.2 Å². The van der Waals surface area contributed by atoms with Gasteiger partial charge in [-0.3, -0.25) is 0 Å². The Morgan fingerprint density at radius 1 is 0.957 bits per heavy atom. The summed E-state index contributed by atoms with van der Waals surface area (Å²) in [5.74, 6) is 0.908. The molecule has 0 amide bonds. The molecule has 3 heteroatoms. The molecule has 1 heterocycles. The van der Waals surface area contributed by atoms with Crippen molar-refractivity contribution in [1.29, 1.82) is 0 Å². The van der Waals surface area contributed by atoms with Crippen molar-refractivity contribution in [2.24, 2.45) is 0 Å². The summed E-state index contributed by atoms with van der Waals surface area (Å²) in [5.41, 5.74) is 2.23. The van der Waals surface area contributed by atoms with Crippen molar-refractivity contribution in [2.75, 3.05) is 0 Å². The Bertz CT molecular complexity index is 701. The predicted molar refractivity (Wildman–Crippen MR) is 91.0 cm³/mol. The zero-order valence-corrected chi connectivity index (χ0v) is 13.5. The second-order valence-corrected chi connectivity index (χ2v) is 6.37. The first-order chi connectivity index (χ1) is 11.3. The average molecular weight is 312 g/mol. The first kappa shape index (κ1) is 15.9. The molecule has 23 heavy (non-hydrogen) atoms. The van der Waals surface area contributed by atoms with Crippen LogP contribution in [0, 0.1) is 0 Å². The minimum Gasteiger partial charge on any atom is -0.507 e. The molecule has 0 saturated carbocycles. The van der Waals surface area contributed by atoms with Crippen LogP contribution < -0.4 is 5.63 Å². The monoisotopic (exact) mass is 312 g/mol. The van der Waals surface area contributed by atoms with Crippen LogP contribution in [0.3, 0.4) is 0 Å². The number of hydrogen-bond donors (Lipinski definition) is 1. The van der Waals surface area contributed by atoms with Crippen molar-refractivity contribution in [3.05, 3.63) is 63.2 Å². The Kier molecular flexibility index (Phi) is 5.16. The third-order valence-electron chi connectivity index (χ3n) is 4.69. The molecule has 0 unspecified atom stereocenters. The Labute approximate surface area is 137 Å². The molecule has 1 N–H and O–H groups in total. The van der Waals surface area contributed by atoms with Crippen LogP contribution in [0.5, 0.6) is 5.75 Å². The summed E-state index contributed by atoms with van der Waals surface area (Å²) in [6, 6.07) is 10.2. The van der Waals surface area contributed by atoms with E-state index in [-0.39, 0.29) is 11.4 Å². The van der Waals surface area contributed by atoms with Crippen LogP contribution in [-0.4, -0.2) is 5.11 Å². The molecule has 1 aromatic heterocycles. The van der Waals surface area contributed by atoms with Crippen LogP contribution in [-0.2, 0) is 25.7 Å². The van der Waals surface area contributed by atoms with Crippen molar-refractivity contribution < 1.29 is 9.52 Å². The number of benzene rings is 1. The third kappa shape index (κ3) is 3.84. The van der Waals surface area contributed by atoms with Crippen LogP contribution in [0.4, 0.5) is 0 Å². The van der Waals surface area contributed by atoms with E-state index < -0.39 is 0 Å². The van der Waals surface area contributed by atoms with Crippen molar-refractivity contribution in [2.45, 2.75) is 57.8 Å².